The minimum absolute atomic E-state index is 0.123. The Morgan fingerprint density at radius 2 is 2.07 bits per heavy atom. The second-order valence-corrected chi connectivity index (χ2v) is 3.91. The Bertz CT molecular complexity index is 371. The van der Waals surface area contributed by atoms with Crippen LogP contribution in [0.3, 0.4) is 0 Å². The second kappa shape index (κ2) is 3.55. The van der Waals surface area contributed by atoms with Gasteiger partial charge in [-0.1, -0.05) is 11.6 Å². The third kappa shape index (κ3) is 2.21. The third-order valence-electron chi connectivity index (χ3n) is 1.81. The molecule has 0 heterocycles. The standard InChI is InChI=1S/C9H10ClNO3/c1-9(2,12)7-5-6(10)3-4-8(7)11(13)14/h3-5,12H,1-2H3. The summed E-state index contributed by atoms with van der Waals surface area (Å²) in [7, 11) is 0. The molecule has 1 aromatic carbocycles. The molecule has 76 valence electrons. The molecule has 0 amide bonds. The molecule has 0 atom stereocenters. The smallest absolute Gasteiger partial charge is 0.275 e. The molecule has 0 unspecified atom stereocenters. The summed E-state index contributed by atoms with van der Waals surface area (Å²) < 4.78 is 0. The van der Waals surface area contributed by atoms with Crippen molar-refractivity contribution in [2.45, 2.75) is 19.4 Å². The van der Waals surface area contributed by atoms with Crippen LogP contribution in [0.1, 0.15) is 19.4 Å². The van der Waals surface area contributed by atoms with Crippen LogP contribution >= 0.6 is 11.6 Å². The summed E-state index contributed by atoms with van der Waals surface area (Å²) in [5.41, 5.74) is -1.18. The fourth-order valence-corrected chi connectivity index (χ4v) is 1.33. The number of nitrogens with zero attached hydrogens (tertiary/aromatic N) is 1. The molecule has 0 aliphatic rings. The van der Waals surface area contributed by atoms with Crippen molar-refractivity contribution in [1.82, 2.24) is 0 Å². The zero-order valence-corrected chi connectivity index (χ0v) is 8.58. The van der Waals surface area contributed by atoms with Crippen LogP contribution in [-0.4, -0.2) is 10.0 Å². The van der Waals surface area contributed by atoms with E-state index in [-0.39, 0.29) is 11.3 Å². The molecule has 4 nitrogen and oxygen atoms in total. The van der Waals surface area contributed by atoms with E-state index >= 15 is 0 Å². The number of nitro benzene ring substituents is 1. The van der Waals surface area contributed by atoms with Gasteiger partial charge in [-0.05, 0) is 26.0 Å². The Labute approximate surface area is 86.3 Å². The van der Waals surface area contributed by atoms with Crippen LogP contribution in [0.25, 0.3) is 0 Å². The average Bonchev–Trinajstić information content (AvgIpc) is 2.01. The van der Waals surface area contributed by atoms with E-state index in [1.54, 1.807) is 0 Å². The van der Waals surface area contributed by atoms with E-state index in [1.807, 2.05) is 0 Å². The number of benzene rings is 1. The Kier molecular flexibility index (Phi) is 2.78. The molecular weight excluding hydrogens is 206 g/mol. The van der Waals surface area contributed by atoms with Crippen LogP contribution in [-0.2, 0) is 5.60 Å². The number of rotatable bonds is 2. The van der Waals surface area contributed by atoms with E-state index in [4.69, 9.17) is 11.6 Å². The van der Waals surface area contributed by atoms with Gasteiger partial charge in [0, 0.05) is 11.1 Å². The molecule has 1 aromatic rings. The molecule has 0 spiro atoms. The van der Waals surface area contributed by atoms with Gasteiger partial charge in [0.15, 0.2) is 0 Å². The number of nitro groups is 1. The fourth-order valence-electron chi connectivity index (χ4n) is 1.16. The van der Waals surface area contributed by atoms with Crippen molar-refractivity contribution in [3.05, 3.63) is 38.9 Å². The van der Waals surface area contributed by atoms with Gasteiger partial charge in [-0.25, -0.2) is 0 Å². The summed E-state index contributed by atoms with van der Waals surface area (Å²) in [6.07, 6.45) is 0. The van der Waals surface area contributed by atoms with E-state index in [1.165, 1.54) is 32.0 Å². The highest BCUT2D eigenvalue weighted by Crippen LogP contribution is 2.31. The van der Waals surface area contributed by atoms with Crippen molar-refractivity contribution in [2.24, 2.45) is 0 Å². The predicted octanol–water partition coefficient (Wildman–Crippen LogP) is 2.48. The predicted molar refractivity (Wildman–Crippen MR) is 53.4 cm³/mol. The van der Waals surface area contributed by atoms with Gasteiger partial charge >= 0.3 is 0 Å². The SMILES string of the molecule is CC(C)(O)c1cc(Cl)ccc1[N+](=O)[O-]. The molecule has 0 aromatic heterocycles. The summed E-state index contributed by atoms with van der Waals surface area (Å²) in [4.78, 5) is 10.1. The maximum atomic E-state index is 10.6. The van der Waals surface area contributed by atoms with Gasteiger partial charge in [-0.3, -0.25) is 10.1 Å². The van der Waals surface area contributed by atoms with Gasteiger partial charge < -0.3 is 5.11 Å². The summed E-state index contributed by atoms with van der Waals surface area (Å²) >= 11 is 5.69. The molecule has 0 saturated heterocycles. The van der Waals surface area contributed by atoms with Crippen LogP contribution in [0.15, 0.2) is 18.2 Å². The average molecular weight is 216 g/mol. The van der Waals surface area contributed by atoms with Gasteiger partial charge in [0.1, 0.15) is 0 Å². The number of halogens is 1. The molecule has 1 N–H and O–H groups in total. The van der Waals surface area contributed by atoms with Gasteiger partial charge in [-0.2, -0.15) is 0 Å². The van der Waals surface area contributed by atoms with Crippen LogP contribution in [0.2, 0.25) is 5.02 Å². The minimum Gasteiger partial charge on any atom is -0.385 e. The molecule has 14 heavy (non-hydrogen) atoms. The highest BCUT2D eigenvalue weighted by atomic mass is 35.5. The molecule has 0 aliphatic carbocycles. The first-order chi connectivity index (χ1) is 6.32. The van der Waals surface area contributed by atoms with E-state index in [9.17, 15) is 15.2 Å². The van der Waals surface area contributed by atoms with Gasteiger partial charge in [-0.15, -0.1) is 0 Å². The van der Waals surface area contributed by atoms with Gasteiger partial charge in [0.05, 0.1) is 16.1 Å². The van der Waals surface area contributed by atoms with Crippen molar-refractivity contribution in [3.63, 3.8) is 0 Å². The zero-order chi connectivity index (χ0) is 10.9. The lowest BCUT2D eigenvalue weighted by atomic mass is 9.97. The maximum absolute atomic E-state index is 10.6. The normalized spacial score (nSPS) is 11.4. The fraction of sp³-hybridized carbons (Fsp3) is 0.333. The number of aliphatic hydroxyl groups is 1. The highest BCUT2D eigenvalue weighted by molar-refractivity contribution is 6.30. The van der Waals surface area contributed by atoms with Crippen LogP contribution in [0, 0.1) is 10.1 Å². The Morgan fingerprint density at radius 1 is 1.50 bits per heavy atom. The molecule has 0 aliphatic heterocycles. The maximum Gasteiger partial charge on any atom is 0.275 e. The zero-order valence-electron chi connectivity index (χ0n) is 7.82. The summed E-state index contributed by atoms with van der Waals surface area (Å²) in [6.45, 7) is 2.96. The van der Waals surface area contributed by atoms with Crippen molar-refractivity contribution >= 4 is 17.3 Å². The lowest BCUT2D eigenvalue weighted by Gasteiger charge is -2.17. The first-order valence-corrected chi connectivity index (χ1v) is 4.37. The lowest BCUT2D eigenvalue weighted by Crippen LogP contribution is -2.17. The Balaban J connectivity index is 3.38. The van der Waals surface area contributed by atoms with E-state index < -0.39 is 10.5 Å². The molecular formula is C9H10ClNO3. The molecule has 5 heteroatoms. The van der Waals surface area contributed by atoms with Crippen molar-refractivity contribution < 1.29 is 10.0 Å². The van der Waals surface area contributed by atoms with Crippen LogP contribution in [0.4, 0.5) is 5.69 Å². The first-order valence-electron chi connectivity index (χ1n) is 3.99. The first kappa shape index (κ1) is 10.9. The Morgan fingerprint density at radius 3 is 2.50 bits per heavy atom. The van der Waals surface area contributed by atoms with Crippen molar-refractivity contribution in [2.75, 3.05) is 0 Å². The van der Waals surface area contributed by atoms with Crippen LogP contribution in [0.5, 0.6) is 0 Å². The summed E-state index contributed by atoms with van der Waals surface area (Å²) in [5.74, 6) is 0. The van der Waals surface area contributed by atoms with E-state index in [0.717, 1.165) is 0 Å². The molecule has 0 fully saturated rings. The molecule has 0 radical (unpaired) electrons. The van der Waals surface area contributed by atoms with Gasteiger partial charge in [0.25, 0.3) is 5.69 Å². The highest BCUT2D eigenvalue weighted by Gasteiger charge is 2.26. The molecule has 0 bridgehead atoms. The van der Waals surface area contributed by atoms with E-state index in [0.29, 0.717) is 5.02 Å². The number of hydrogen-bond acceptors (Lipinski definition) is 3. The topological polar surface area (TPSA) is 63.4 Å². The minimum atomic E-state index is -1.27. The quantitative estimate of drug-likeness (QED) is 0.609. The van der Waals surface area contributed by atoms with Gasteiger partial charge in [0.2, 0.25) is 0 Å². The third-order valence-corrected chi connectivity index (χ3v) is 2.05. The van der Waals surface area contributed by atoms with Crippen molar-refractivity contribution in [3.8, 4) is 0 Å². The number of hydrogen-bond donors (Lipinski definition) is 1. The lowest BCUT2D eigenvalue weighted by molar-refractivity contribution is -0.386. The second-order valence-electron chi connectivity index (χ2n) is 3.48. The monoisotopic (exact) mass is 215 g/mol. The Hall–Kier alpha value is -1.13. The summed E-state index contributed by atoms with van der Waals surface area (Å²) in [5, 5.41) is 20.7. The summed E-state index contributed by atoms with van der Waals surface area (Å²) in [6, 6.07) is 4.12. The largest absolute Gasteiger partial charge is 0.385 e. The van der Waals surface area contributed by atoms with E-state index in [2.05, 4.69) is 0 Å². The molecule has 0 saturated carbocycles. The molecule has 1 rings (SSSR count). The van der Waals surface area contributed by atoms with Crippen LogP contribution < -0.4 is 0 Å². The van der Waals surface area contributed by atoms with Crippen molar-refractivity contribution in [1.29, 1.82) is 0 Å².